The molecule has 1 N–H and O–H groups in total. The van der Waals surface area contributed by atoms with E-state index in [2.05, 4.69) is 19.2 Å². The van der Waals surface area contributed by atoms with Crippen LogP contribution in [0.1, 0.15) is 33.1 Å². The lowest BCUT2D eigenvalue weighted by Crippen LogP contribution is -2.44. The van der Waals surface area contributed by atoms with Crippen LogP contribution in [0.5, 0.6) is 11.5 Å². The number of hydrogen-bond donors (Lipinski definition) is 1. The van der Waals surface area contributed by atoms with E-state index in [0.29, 0.717) is 12.6 Å². The summed E-state index contributed by atoms with van der Waals surface area (Å²) < 4.78 is 11.7. The molecule has 1 fully saturated rings. The first-order chi connectivity index (χ1) is 9.70. The molecular formula is C17H25NO2. The van der Waals surface area contributed by atoms with E-state index in [9.17, 15) is 0 Å². The van der Waals surface area contributed by atoms with Crippen molar-refractivity contribution < 1.29 is 9.47 Å². The number of para-hydroxylation sites is 2. The highest BCUT2D eigenvalue weighted by Gasteiger charge is 2.26. The zero-order valence-electron chi connectivity index (χ0n) is 12.5. The van der Waals surface area contributed by atoms with E-state index in [-0.39, 0.29) is 6.10 Å². The maximum absolute atomic E-state index is 5.99. The molecule has 3 nitrogen and oxygen atoms in total. The van der Waals surface area contributed by atoms with Crippen molar-refractivity contribution in [3.63, 3.8) is 0 Å². The Kier molecular flexibility index (Phi) is 4.16. The normalized spacial score (nSPS) is 32.9. The first-order valence-corrected chi connectivity index (χ1v) is 7.82. The summed E-state index contributed by atoms with van der Waals surface area (Å²) in [7, 11) is 0. The van der Waals surface area contributed by atoms with E-state index < -0.39 is 0 Å². The maximum Gasteiger partial charge on any atom is 0.161 e. The zero-order chi connectivity index (χ0) is 13.9. The van der Waals surface area contributed by atoms with E-state index in [0.717, 1.165) is 29.9 Å². The zero-order valence-corrected chi connectivity index (χ0v) is 12.5. The summed E-state index contributed by atoms with van der Waals surface area (Å²) in [6.07, 6.45) is 4.06. The number of nitrogens with one attached hydrogen (secondary N) is 1. The number of hydrogen-bond acceptors (Lipinski definition) is 3. The first kappa shape index (κ1) is 13.7. The third kappa shape index (κ3) is 3.26. The van der Waals surface area contributed by atoms with Crippen molar-refractivity contribution in [2.75, 3.05) is 13.2 Å². The third-order valence-electron chi connectivity index (χ3n) is 4.38. The molecule has 110 valence electrons. The lowest BCUT2D eigenvalue weighted by Gasteiger charge is -2.34. The third-order valence-corrected chi connectivity index (χ3v) is 4.38. The Morgan fingerprint density at radius 3 is 2.50 bits per heavy atom. The van der Waals surface area contributed by atoms with Gasteiger partial charge >= 0.3 is 0 Å². The molecule has 0 bridgehead atoms. The summed E-state index contributed by atoms with van der Waals surface area (Å²) in [5, 5.41) is 3.68. The van der Waals surface area contributed by atoms with Crippen molar-refractivity contribution in [2.45, 2.75) is 45.3 Å². The Hall–Kier alpha value is -1.22. The van der Waals surface area contributed by atoms with Crippen LogP contribution in [-0.2, 0) is 0 Å². The van der Waals surface area contributed by atoms with Gasteiger partial charge in [-0.1, -0.05) is 26.0 Å². The van der Waals surface area contributed by atoms with Gasteiger partial charge in [-0.25, -0.2) is 0 Å². The van der Waals surface area contributed by atoms with Gasteiger partial charge in [0.05, 0.1) is 0 Å². The Labute approximate surface area is 121 Å². The summed E-state index contributed by atoms with van der Waals surface area (Å²) in [4.78, 5) is 0. The summed E-state index contributed by atoms with van der Waals surface area (Å²) in [5.74, 6) is 3.40. The van der Waals surface area contributed by atoms with Crippen molar-refractivity contribution in [1.82, 2.24) is 5.32 Å². The van der Waals surface area contributed by atoms with Crippen molar-refractivity contribution in [2.24, 2.45) is 11.8 Å². The second-order valence-corrected chi connectivity index (χ2v) is 6.52. The van der Waals surface area contributed by atoms with Gasteiger partial charge in [-0.2, -0.15) is 0 Å². The number of rotatable bonds is 3. The molecule has 1 heterocycles. The Morgan fingerprint density at radius 1 is 1.05 bits per heavy atom. The molecule has 0 saturated heterocycles. The molecule has 1 aromatic carbocycles. The SMILES string of the molecule is CC1CC(C)CC(NCC2COc3ccccc3O2)C1. The quantitative estimate of drug-likeness (QED) is 0.918. The Morgan fingerprint density at radius 2 is 1.75 bits per heavy atom. The van der Waals surface area contributed by atoms with Crippen LogP contribution in [0.4, 0.5) is 0 Å². The number of fused-ring (bicyclic) bond motifs is 1. The van der Waals surface area contributed by atoms with Gasteiger partial charge in [0.15, 0.2) is 11.5 Å². The van der Waals surface area contributed by atoms with Crippen molar-refractivity contribution in [1.29, 1.82) is 0 Å². The van der Waals surface area contributed by atoms with Crippen LogP contribution in [0.3, 0.4) is 0 Å². The van der Waals surface area contributed by atoms with Crippen LogP contribution in [0.2, 0.25) is 0 Å². The van der Waals surface area contributed by atoms with Crippen LogP contribution >= 0.6 is 0 Å². The summed E-state index contributed by atoms with van der Waals surface area (Å²) >= 11 is 0. The largest absolute Gasteiger partial charge is 0.486 e. The molecule has 20 heavy (non-hydrogen) atoms. The summed E-state index contributed by atoms with van der Waals surface area (Å²) in [5.41, 5.74) is 0. The Balaban J connectivity index is 1.50. The minimum atomic E-state index is 0.123. The molecule has 2 aliphatic rings. The van der Waals surface area contributed by atoms with Crippen molar-refractivity contribution >= 4 is 0 Å². The fourth-order valence-corrected chi connectivity index (χ4v) is 3.58. The topological polar surface area (TPSA) is 30.5 Å². The van der Waals surface area contributed by atoms with E-state index in [4.69, 9.17) is 9.47 Å². The molecule has 1 aromatic rings. The minimum Gasteiger partial charge on any atom is -0.486 e. The van der Waals surface area contributed by atoms with E-state index in [1.807, 2.05) is 24.3 Å². The van der Waals surface area contributed by atoms with Crippen molar-refractivity contribution in [3.05, 3.63) is 24.3 Å². The molecule has 3 heteroatoms. The van der Waals surface area contributed by atoms with Crippen LogP contribution in [0, 0.1) is 11.8 Å². The predicted molar refractivity (Wildman–Crippen MR) is 80.3 cm³/mol. The first-order valence-electron chi connectivity index (χ1n) is 7.82. The van der Waals surface area contributed by atoms with Gasteiger partial charge in [0.25, 0.3) is 0 Å². The van der Waals surface area contributed by atoms with Gasteiger partial charge in [-0.05, 0) is 43.2 Å². The lowest BCUT2D eigenvalue weighted by molar-refractivity contribution is 0.0844. The molecule has 0 aromatic heterocycles. The van der Waals surface area contributed by atoms with Gasteiger partial charge in [-0.15, -0.1) is 0 Å². The molecule has 0 amide bonds. The fraction of sp³-hybridized carbons (Fsp3) is 0.647. The van der Waals surface area contributed by atoms with E-state index >= 15 is 0 Å². The average Bonchev–Trinajstić information content (AvgIpc) is 2.44. The second-order valence-electron chi connectivity index (χ2n) is 6.52. The highest BCUT2D eigenvalue weighted by Crippen LogP contribution is 2.31. The monoisotopic (exact) mass is 275 g/mol. The highest BCUT2D eigenvalue weighted by molar-refractivity contribution is 5.40. The lowest BCUT2D eigenvalue weighted by atomic mass is 9.80. The van der Waals surface area contributed by atoms with Gasteiger partial charge < -0.3 is 14.8 Å². The van der Waals surface area contributed by atoms with Gasteiger partial charge in [0.2, 0.25) is 0 Å². The Bertz CT molecular complexity index is 438. The van der Waals surface area contributed by atoms with Crippen LogP contribution in [-0.4, -0.2) is 25.3 Å². The smallest absolute Gasteiger partial charge is 0.161 e. The highest BCUT2D eigenvalue weighted by atomic mass is 16.6. The molecule has 3 unspecified atom stereocenters. The molecule has 1 aliphatic heterocycles. The van der Waals surface area contributed by atoms with Crippen molar-refractivity contribution in [3.8, 4) is 11.5 Å². The molecule has 1 aliphatic carbocycles. The molecule has 3 rings (SSSR count). The van der Waals surface area contributed by atoms with Gasteiger partial charge in [0, 0.05) is 12.6 Å². The van der Waals surface area contributed by atoms with E-state index in [1.165, 1.54) is 19.3 Å². The second kappa shape index (κ2) is 6.04. The molecule has 0 radical (unpaired) electrons. The molecular weight excluding hydrogens is 250 g/mol. The maximum atomic E-state index is 5.99. The fourth-order valence-electron chi connectivity index (χ4n) is 3.58. The van der Waals surface area contributed by atoms with Gasteiger partial charge in [0.1, 0.15) is 12.7 Å². The number of ether oxygens (including phenoxy) is 2. The average molecular weight is 275 g/mol. The minimum absolute atomic E-state index is 0.123. The van der Waals surface area contributed by atoms with Crippen LogP contribution < -0.4 is 14.8 Å². The number of benzene rings is 1. The van der Waals surface area contributed by atoms with E-state index in [1.54, 1.807) is 0 Å². The van der Waals surface area contributed by atoms with Gasteiger partial charge in [-0.3, -0.25) is 0 Å². The standard InChI is InChI=1S/C17H25NO2/c1-12-7-13(2)9-14(8-12)18-10-15-11-19-16-5-3-4-6-17(16)20-15/h3-6,12-15,18H,7-11H2,1-2H3. The van der Waals surface area contributed by atoms with Crippen LogP contribution in [0.15, 0.2) is 24.3 Å². The van der Waals surface area contributed by atoms with Crippen LogP contribution in [0.25, 0.3) is 0 Å². The summed E-state index contributed by atoms with van der Waals surface area (Å²) in [6, 6.07) is 8.54. The summed E-state index contributed by atoms with van der Waals surface area (Å²) in [6.45, 7) is 6.24. The molecule has 3 atom stereocenters. The molecule has 0 spiro atoms. The predicted octanol–water partition coefficient (Wildman–Crippen LogP) is 3.24. The molecule has 1 saturated carbocycles.